The van der Waals surface area contributed by atoms with Crippen LogP contribution in [0.4, 0.5) is 11.4 Å². The molecule has 7 aromatic rings. The Kier molecular flexibility index (Phi) is 18.7. The Balaban J connectivity index is 0.000000207. The van der Waals surface area contributed by atoms with Gasteiger partial charge in [-0.15, -0.1) is 0 Å². The van der Waals surface area contributed by atoms with Gasteiger partial charge < -0.3 is 30.7 Å². The minimum atomic E-state index is -0.362. The molecule has 2 atom stereocenters. The van der Waals surface area contributed by atoms with Crippen LogP contribution in [0.25, 0.3) is 21.5 Å². The van der Waals surface area contributed by atoms with E-state index in [1.807, 2.05) is 134 Å². The number of benzene rings is 5. The molecule has 0 saturated heterocycles. The number of aromatic nitrogens is 2. The van der Waals surface area contributed by atoms with E-state index in [2.05, 4.69) is 52.0 Å². The van der Waals surface area contributed by atoms with Gasteiger partial charge in [0.1, 0.15) is 13.2 Å². The predicted octanol–water partition coefficient (Wildman–Crippen LogP) is 10.4. The Bertz CT molecular complexity index is 2800. The lowest BCUT2D eigenvalue weighted by molar-refractivity contribution is -0.149. The minimum Gasteiger partial charge on any atom is -0.461 e. The topological polar surface area (TPSA) is 161 Å². The number of anilines is 2. The molecule has 0 spiro atoms. The maximum Gasteiger partial charge on any atom is 0.310 e. The molecule has 8 rings (SSSR count). The number of carbonyl (C=O) groups is 4. The zero-order chi connectivity index (χ0) is 49.1. The van der Waals surface area contributed by atoms with E-state index in [4.69, 9.17) is 9.47 Å². The van der Waals surface area contributed by atoms with Gasteiger partial charge >= 0.3 is 11.9 Å². The largest absolute Gasteiger partial charge is 0.461 e. The summed E-state index contributed by atoms with van der Waals surface area (Å²) in [7, 11) is 0. The van der Waals surface area contributed by atoms with E-state index in [1.165, 1.54) is 0 Å². The molecular formula is C58H64N6O6. The molecule has 1 fully saturated rings. The second-order valence-corrected chi connectivity index (χ2v) is 18.1. The second-order valence-electron chi connectivity index (χ2n) is 18.1. The SMILES string of the molecule is CC(C)NCC(C(=O)Nc1ccc2cnccc2c1)c1ccc(COC(=O)C2CCCC2)cc1.CCCNCC(C(=O)Nc1ccc2cnccc2c1)c1ccc(COC(=O)Cc2ccccc2)cc1. The number of nitrogens with zero attached hydrogens (tertiary/aromatic N) is 2. The van der Waals surface area contributed by atoms with Crippen LogP contribution in [0.3, 0.4) is 0 Å². The molecule has 12 heteroatoms. The molecule has 2 amide bonds. The number of hydrogen-bond acceptors (Lipinski definition) is 10. The van der Waals surface area contributed by atoms with Crippen molar-refractivity contribution in [2.45, 2.75) is 90.4 Å². The highest BCUT2D eigenvalue weighted by Crippen LogP contribution is 2.27. The van der Waals surface area contributed by atoms with Crippen LogP contribution in [-0.2, 0) is 48.3 Å². The molecule has 2 unspecified atom stereocenters. The van der Waals surface area contributed by atoms with Crippen molar-refractivity contribution in [3.05, 3.63) is 180 Å². The maximum absolute atomic E-state index is 13.3. The third-order valence-corrected chi connectivity index (χ3v) is 12.4. The number of carbonyl (C=O) groups excluding carboxylic acids is 4. The molecule has 0 aliphatic heterocycles. The molecule has 0 radical (unpaired) electrons. The Morgan fingerprint density at radius 3 is 1.66 bits per heavy atom. The third kappa shape index (κ3) is 15.1. The fourth-order valence-corrected chi connectivity index (χ4v) is 8.39. The first-order valence-electron chi connectivity index (χ1n) is 24.4. The number of fused-ring (bicyclic) bond motifs is 2. The van der Waals surface area contributed by atoms with Crippen LogP contribution in [0.2, 0.25) is 0 Å². The summed E-state index contributed by atoms with van der Waals surface area (Å²) < 4.78 is 11.0. The number of rotatable bonds is 20. The van der Waals surface area contributed by atoms with Gasteiger partial charge in [-0.25, -0.2) is 0 Å². The Morgan fingerprint density at radius 1 is 0.600 bits per heavy atom. The van der Waals surface area contributed by atoms with Crippen molar-refractivity contribution in [1.82, 2.24) is 20.6 Å². The van der Waals surface area contributed by atoms with Crippen molar-refractivity contribution in [3.63, 3.8) is 0 Å². The Morgan fingerprint density at radius 2 is 1.13 bits per heavy atom. The zero-order valence-electron chi connectivity index (χ0n) is 40.4. The Labute approximate surface area is 411 Å². The number of ether oxygens (including phenoxy) is 2. The average molecular weight is 941 g/mol. The first kappa shape index (κ1) is 50.6. The van der Waals surface area contributed by atoms with E-state index in [9.17, 15) is 19.2 Å². The number of amides is 2. The van der Waals surface area contributed by atoms with E-state index in [0.717, 1.165) is 99.4 Å². The van der Waals surface area contributed by atoms with Gasteiger partial charge in [0.2, 0.25) is 11.8 Å². The van der Waals surface area contributed by atoms with E-state index in [0.29, 0.717) is 13.1 Å². The first-order valence-corrected chi connectivity index (χ1v) is 24.4. The molecule has 2 heterocycles. The van der Waals surface area contributed by atoms with E-state index >= 15 is 0 Å². The lowest BCUT2D eigenvalue weighted by atomic mass is 9.96. The van der Waals surface area contributed by atoms with Crippen LogP contribution < -0.4 is 21.3 Å². The normalized spacial score (nSPS) is 13.3. The van der Waals surface area contributed by atoms with Crippen molar-refractivity contribution in [2.24, 2.45) is 5.92 Å². The fourth-order valence-electron chi connectivity index (χ4n) is 8.39. The van der Waals surface area contributed by atoms with Crippen LogP contribution in [0.15, 0.2) is 152 Å². The molecular weight excluding hydrogens is 877 g/mol. The summed E-state index contributed by atoms with van der Waals surface area (Å²) in [5.41, 5.74) is 6.06. The van der Waals surface area contributed by atoms with Crippen LogP contribution in [0.1, 0.15) is 92.5 Å². The van der Waals surface area contributed by atoms with Crippen LogP contribution >= 0.6 is 0 Å². The van der Waals surface area contributed by atoms with Gasteiger partial charge in [0.15, 0.2) is 0 Å². The number of hydrogen-bond donors (Lipinski definition) is 4. The summed E-state index contributed by atoms with van der Waals surface area (Å²) in [6.45, 7) is 8.58. The van der Waals surface area contributed by atoms with Crippen molar-refractivity contribution >= 4 is 56.7 Å². The molecule has 362 valence electrons. The fraction of sp³-hybridized carbons (Fsp3) is 0.310. The van der Waals surface area contributed by atoms with Crippen LogP contribution in [-0.4, -0.2) is 59.4 Å². The molecule has 4 N–H and O–H groups in total. The van der Waals surface area contributed by atoms with Gasteiger partial charge in [-0.3, -0.25) is 29.1 Å². The number of pyridine rings is 2. The summed E-state index contributed by atoms with van der Waals surface area (Å²) >= 11 is 0. The first-order chi connectivity index (χ1) is 34.1. The molecule has 1 saturated carbocycles. The molecule has 5 aromatic carbocycles. The monoisotopic (exact) mass is 940 g/mol. The van der Waals surface area contributed by atoms with E-state index in [1.54, 1.807) is 18.6 Å². The lowest BCUT2D eigenvalue weighted by Crippen LogP contribution is -2.34. The predicted molar refractivity (Wildman–Crippen MR) is 277 cm³/mol. The highest BCUT2D eigenvalue weighted by Gasteiger charge is 2.25. The quantitative estimate of drug-likeness (QED) is 0.0428. The van der Waals surface area contributed by atoms with Gasteiger partial charge in [0.25, 0.3) is 0 Å². The van der Waals surface area contributed by atoms with Crippen LogP contribution in [0, 0.1) is 5.92 Å². The highest BCUT2D eigenvalue weighted by atomic mass is 16.5. The molecule has 70 heavy (non-hydrogen) atoms. The summed E-state index contributed by atoms with van der Waals surface area (Å²) in [6, 6.07) is 40.8. The van der Waals surface area contributed by atoms with Crippen molar-refractivity contribution in [1.29, 1.82) is 0 Å². The van der Waals surface area contributed by atoms with Crippen molar-refractivity contribution in [2.75, 3.05) is 30.3 Å². The van der Waals surface area contributed by atoms with Gasteiger partial charge in [0, 0.05) is 66.1 Å². The maximum atomic E-state index is 13.3. The van der Waals surface area contributed by atoms with E-state index < -0.39 is 0 Å². The molecule has 1 aliphatic carbocycles. The summed E-state index contributed by atoms with van der Waals surface area (Å²) in [5, 5.41) is 17.0. The third-order valence-electron chi connectivity index (χ3n) is 12.4. The molecule has 12 nitrogen and oxygen atoms in total. The zero-order valence-corrected chi connectivity index (χ0v) is 40.4. The molecule has 2 aromatic heterocycles. The molecule has 0 bridgehead atoms. The van der Waals surface area contributed by atoms with Gasteiger partial charge in [-0.05, 0) is 101 Å². The van der Waals surface area contributed by atoms with Crippen molar-refractivity contribution < 1.29 is 28.7 Å². The highest BCUT2D eigenvalue weighted by molar-refractivity contribution is 5.99. The number of nitrogens with one attached hydrogen (secondary N) is 4. The Hall–Kier alpha value is -7.28. The average Bonchev–Trinajstić information content (AvgIpc) is 3.93. The van der Waals surface area contributed by atoms with E-state index in [-0.39, 0.29) is 67.2 Å². The second kappa shape index (κ2) is 25.9. The molecule has 1 aliphatic rings. The van der Waals surface area contributed by atoms with Gasteiger partial charge in [-0.2, -0.15) is 0 Å². The summed E-state index contributed by atoms with van der Waals surface area (Å²) in [4.78, 5) is 59.2. The van der Waals surface area contributed by atoms with Crippen LogP contribution in [0.5, 0.6) is 0 Å². The number of esters is 2. The summed E-state index contributed by atoms with van der Waals surface area (Å²) in [6.07, 6.45) is 12.4. The minimum absolute atomic E-state index is 0.0563. The smallest absolute Gasteiger partial charge is 0.310 e. The van der Waals surface area contributed by atoms with Gasteiger partial charge in [-0.1, -0.05) is 125 Å². The summed E-state index contributed by atoms with van der Waals surface area (Å²) in [5.74, 6) is -1.16. The van der Waals surface area contributed by atoms with Gasteiger partial charge in [0.05, 0.1) is 24.2 Å². The lowest BCUT2D eigenvalue weighted by Gasteiger charge is -2.20. The standard InChI is InChI=1S/C30H31N3O3.C28H33N3O3/c1-2-15-31-20-28(30(35)33-27-13-12-26-19-32-16-14-25(26)18-27)24-10-8-23(9-11-24)21-36-29(34)17-22-6-4-3-5-7-22;1-19(2)30-17-26(27(32)31-25-12-11-24-16-29-14-13-23(24)15-25)21-9-7-20(8-10-21)18-34-28(33)22-5-3-4-6-22/h3-14,16,18-19,28,31H,2,15,17,20-21H2,1H3,(H,33,35);7-16,19,22,26,30H,3-6,17-18H2,1-2H3,(H,31,32). The van der Waals surface area contributed by atoms with Crippen molar-refractivity contribution in [3.8, 4) is 0 Å².